The molecule has 2 aliphatic rings. The molecule has 1 amide bonds. The smallest absolute Gasteiger partial charge is 0.295 e. The molecule has 1 unspecified atom stereocenters. The third-order valence-electron chi connectivity index (χ3n) is 5.97. The zero-order chi connectivity index (χ0) is 21.3. The number of likely N-dealkylation sites (tertiary alicyclic amines) is 1. The second-order valence-electron chi connectivity index (χ2n) is 7.59. The highest BCUT2D eigenvalue weighted by Gasteiger charge is 2.50. The standard InChI is InChI=1S/C24H25NO5/c1-29-18-14-8-13-17(23(18)30-2)20-19(21(26)15-9-4-3-5-10-15)22(27)24(28)25(20)16-11-6-7-12-16/h3-5,8-10,13-14,16,20,26H,6-7,11-12H2,1-2H3/b21-19-. The van der Waals surface area contributed by atoms with Gasteiger partial charge in [-0.2, -0.15) is 0 Å². The van der Waals surface area contributed by atoms with Crippen LogP contribution in [0.25, 0.3) is 5.76 Å². The van der Waals surface area contributed by atoms with Crippen LogP contribution in [0.5, 0.6) is 11.5 Å². The lowest BCUT2D eigenvalue weighted by Gasteiger charge is -2.31. The van der Waals surface area contributed by atoms with Crippen molar-refractivity contribution in [1.29, 1.82) is 0 Å². The molecule has 1 N–H and O–H groups in total. The number of carbonyl (C=O) groups is 2. The number of hydrogen-bond donors (Lipinski definition) is 1. The zero-order valence-electron chi connectivity index (χ0n) is 17.1. The predicted molar refractivity (Wildman–Crippen MR) is 112 cm³/mol. The Morgan fingerprint density at radius 2 is 1.67 bits per heavy atom. The minimum Gasteiger partial charge on any atom is -0.507 e. The van der Waals surface area contributed by atoms with Crippen molar-refractivity contribution in [1.82, 2.24) is 4.90 Å². The molecule has 1 heterocycles. The molecule has 2 fully saturated rings. The minimum absolute atomic E-state index is 0.0524. The monoisotopic (exact) mass is 407 g/mol. The van der Waals surface area contributed by atoms with Gasteiger partial charge in [-0.1, -0.05) is 55.3 Å². The Bertz CT molecular complexity index is 992. The lowest BCUT2D eigenvalue weighted by Crippen LogP contribution is -2.37. The van der Waals surface area contributed by atoms with Gasteiger partial charge < -0.3 is 19.5 Å². The summed E-state index contributed by atoms with van der Waals surface area (Å²) < 4.78 is 11.1. The molecule has 1 aliphatic carbocycles. The highest BCUT2D eigenvalue weighted by Crippen LogP contribution is 2.47. The van der Waals surface area contributed by atoms with Gasteiger partial charge in [0, 0.05) is 17.2 Å². The number of amides is 1. The molecule has 0 radical (unpaired) electrons. The second-order valence-corrected chi connectivity index (χ2v) is 7.59. The Balaban J connectivity index is 1.96. The molecule has 6 heteroatoms. The Morgan fingerprint density at radius 1 is 0.967 bits per heavy atom. The Hall–Kier alpha value is -3.28. The van der Waals surface area contributed by atoms with Crippen LogP contribution in [-0.4, -0.2) is 42.0 Å². The number of ketones is 1. The van der Waals surface area contributed by atoms with Gasteiger partial charge in [-0.25, -0.2) is 0 Å². The fourth-order valence-corrected chi connectivity index (χ4v) is 4.59. The van der Waals surface area contributed by atoms with E-state index < -0.39 is 17.7 Å². The number of carbonyl (C=O) groups excluding carboxylic acids is 2. The zero-order valence-corrected chi connectivity index (χ0v) is 17.1. The van der Waals surface area contributed by atoms with E-state index >= 15 is 0 Å². The van der Waals surface area contributed by atoms with Gasteiger partial charge in [-0.05, 0) is 18.9 Å². The average Bonchev–Trinajstić information content (AvgIpc) is 3.40. The molecule has 4 rings (SSSR count). The normalized spacial score (nSPS) is 21.3. The number of aliphatic hydroxyl groups is 1. The van der Waals surface area contributed by atoms with Gasteiger partial charge in [0.1, 0.15) is 5.76 Å². The molecule has 1 saturated carbocycles. The maximum atomic E-state index is 13.1. The second kappa shape index (κ2) is 8.22. The van der Waals surface area contributed by atoms with Crippen molar-refractivity contribution in [3.05, 3.63) is 65.2 Å². The molecular formula is C24H25NO5. The number of aliphatic hydroxyl groups excluding tert-OH is 1. The van der Waals surface area contributed by atoms with Crippen molar-refractivity contribution in [2.24, 2.45) is 0 Å². The number of rotatable bonds is 5. The van der Waals surface area contributed by atoms with Crippen molar-refractivity contribution < 1.29 is 24.2 Å². The molecule has 0 aromatic heterocycles. The number of methoxy groups -OCH3 is 2. The van der Waals surface area contributed by atoms with Crippen molar-refractivity contribution in [3.8, 4) is 11.5 Å². The fraction of sp³-hybridized carbons (Fsp3) is 0.333. The molecular weight excluding hydrogens is 382 g/mol. The SMILES string of the molecule is COc1cccc(C2/C(=C(/O)c3ccccc3)C(=O)C(=O)N2C2CCCC2)c1OC. The lowest BCUT2D eigenvalue weighted by molar-refractivity contribution is -0.141. The van der Waals surface area contributed by atoms with E-state index in [-0.39, 0.29) is 17.4 Å². The summed E-state index contributed by atoms with van der Waals surface area (Å²) in [5.41, 5.74) is 1.21. The number of ether oxygens (including phenoxy) is 2. The number of hydrogen-bond acceptors (Lipinski definition) is 5. The van der Waals surface area contributed by atoms with Crippen LogP contribution in [-0.2, 0) is 9.59 Å². The number of nitrogens with zero attached hydrogens (tertiary/aromatic N) is 1. The van der Waals surface area contributed by atoms with Gasteiger partial charge in [-0.15, -0.1) is 0 Å². The molecule has 0 bridgehead atoms. The van der Waals surface area contributed by atoms with Gasteiger partial charge in [-0.3, -0.25) is 9.59 Å². The number of para-hydroxylation sites is 1. The first kappa shape index (κ1) is 20.0. The third kappa shape index (κ3) is 3.22. The molecule has 156 valence electrons. The summed E-state index contributed by atoms with van der Waals surface area (Å²) in [6.45, 7) is 0. The predicted octanol–water partition coefficient (Wildman–Crippen LogP) is 4.07. The minimum atomic E-state index is -0.738. The van der Waals surface area contributed by atoms with Crippen LogP contribution in [0.15, 0.2) is 54.1 Å². The molecule has 6 nitrogen and oxygen atoms in total. The van der Waals surface area contributed by atoms with Crippen LogP contribution in [0.1, 0.15) is 42.9 Å². The van der Waals surface area contributed by atoms with Crippen LogP contribution in [0.3, 0.4) is 0 Å². The largest absolute Gasteiger partial charge is 0.507 e. The Morgan fingerprint density at radius 3 is 2.30 bits per heavy atom. The highest BCUT2D eigenvalue weighted by atomic mass is 16.5. The van der Waals surface area contributed by atoms with Gasteiger partial charge in [0.05, 0.1) is 25.8 Å². The Kier molecular flexibility index (Phi) is 5.48. The molecule has 0 spiro atoms. The first-order chi connectivity index (χ1) is 14.6. The first-order valence-electron chi connectivity index (χ1n) is 10.1. The van der Waals surface area contributed by atoms with Gasteiger partial charge in [0.25, 0.3) is 11.7 Å². The summed E-state index contributed by atoms with van der Waals surface area (Å²) in [4.78, 5) is 27.9. The van der Waals surface area contributed by atoms with E-state index in [4.69, 9.17) is 9.47 Å². The highest BCUT2D eigenvalue weighted by molar-refractivity contribution is 6.46. The summed E-state index contributed by atoms with van der Waals surface area (Å²) in [6, 6.07) is 13.4. The van der Waals surface area contributed by atoms with E-state index in [0.717, 1.165) is 25.7 Å². The Labute approximate surface area is 175 Å². The molecule has 1 aliphatic heterocycles. The van der Waals surface area contributed by atoms with Gasteiger partial charge >= 0.3 is 0 Å². The van der Waals surface area contributed by atoms with Gasteiger partial charge in [0.2, 0.25) is 0 Å². The van der Waals surface area contributed by atoms with Crippen LogP contribution in [0.2, 0.25) is 0 Å². The maximum Gasteiger partial charge on any atom is 0.295 e. The molecule has 1 saturated heterocycles. The number of benzene rings is 2. The summed E-state index contributed by atoms with van der Waals surface area (Å²) in [5, 5.41) is 11.1. The summed E-state index contributed by atoms with van der Waals surface area (Å²) >= 11 is 0. The van der Waals surface area contributed by atoms with E-state index in [1.807, 2.05) is 12.1 Å². The fourth-order valence-electron chi connectivity index (χ4n) is 4.59. The van der Waals surface area contributed by atoms with Gasteiger partial charge in [0.15, 0.2) is 11.5 Å². The molecule has 1 atom stereocenters. The molecule has 2 aromatic carbocycles. The van der Waals surface area contributed by atoms with Crippen molar-refractivity contribution in [3.63, 3.8) is 0 Å². The topological polar surface area (TPSA) is 76.1 Å². The van der Waals surface area contributed by atoms with Crippen molar-refractivity contribution in [2.45, 2.75) is 37.8 Å². The van der Waals surface area contributed by atoms with E-state index in [9.17, 15) is 14.7 Å². The third-order valence-corrected chi connectivity index (χ3v) is 5.97. The molecule has 2 aromatic rings. The van der Waals surface area contributed by atoms with Crippen LogP contribution >= 0.6 is 0 Å². The summed E-state index contributed by atoms with van der Waals surface area (Å²) in [5.74, 6) is -0.461. The van der Waals surface area contributed by atoms with Crippen LogP contribution in [0, 0.1) is 0 Å². The lowest BCUT2D eigenvalue weighted by atomic mass is 9.93. The van der Waals surface area contributed by atoms with Crippen LogP contribution in [0.4, 0.5) is 0 Å². The summed E-state index contributed by atoms with van der Waals surface area (Å²) in [6.07, 6.45) is 3.69. The first-order valence-corrected chi connectivity index (χ1v) is 10.1. The van der Waals surface area contributed by atoms with Crippen molar-refractivity contribution >= 4 is 17.4 Å². The maximum absolute atomic E-state index is 13.1. The molecule has 30 heavy (non-hydrogen) atoms. The van der Waals surface area contributed by atoms with Crippen molar-refractivity contribution in [2.75, 3.05) is 14.2 Å². The van der Waals surface area contributed by atoms with E-state index in [2.05, 4.69) is 0 Å². The van der Waals surface area contributed by atoms with E-state index in [0.29, 0.717) is 22.6 Å². The van der Waals surface area contributed by atoms with Crippen LogP contribution < -0.4 is 9.47 Å². The quantitative estimate of drug-likeness (QED) is 0.459. The summed E-state index contributed by atoms with van der Waals surface area (Å²) in [7, 11) is 3.07. The average molecular weight is 407 g/mol. The van der Waals surface area contributed by atoms with E-state index in [1.54, 1.807) is 48.4 Å². The number of Topliss-reactive ketones (excluding diaryl/α,β-unsaturated/α-hetero) is 1. The van der Waals surface area contributed by atoms with E-state index in [1.165, 1.54) is 7.11 Å².